The molecule has 0 bridgehead atoms. The van der Waals surface area contributed by atoms with E-state index in [-0.39, 0.29) is 12.3 Å². The fraction of sp³-hybridized carbons (Fsp3) is 0.364. The second-order valence-electron chi connectivity index (χ2n) is 7.33. The molecule has 1 amide bonds. The van der Waals surface area contributed by atoms with E-state index in [4.69, 9.17) is 4.42 Å². The zero-order valence-corrected chi connectivity index (χ0v) is 16.8. The van der Waals surface area contributed by atoms with E-state index < -0.39 is 0 Å². The Kier molecular flexibility index (Phi) is 5.76. The molecule has 2 N–H and O–H groups in total. The van der Waals surface area contributed by atoms with Gasteiger partial charge in [-0.05, 0) is 61.4 Å². The molecule has 1 aliphatic carbocycles. The summed E-state index contributed by atoms with van der Waals surface area (Å²) in [4.78, 5) is 17.9. The van der Waals surface area contributed by atoms with Crippen molar-refractivity contribution in [3.05, 3.63) is 53.2 Å². The maximum Gasteiger partial charge on any atom is 0.236 e. The van der Waals surface area contributed by atoms with Crippen molar-refractivity contribution in [3.8, 4) is 10.8 Å². The molecule has 0 radical (unpaired) electrons. The lowest BCUT2D eigenvalue weighted by Crippen LogP contribution is -2.15. The molecule has 4 rings (SSSR count). The summed E-state index contributed by atoms with van der Waals surface area (Å²) in [6.45, 7) is 2.88. The number of carbonyl (C=O) groups excluding carboxylic acids is 1. The molecule has 28 heavy (non-hydrogen) atoms. The van der Waals surface area contributed by atoms with Gasteiger partial charge in [-0.2, -0.15) is 0 Å². The van der Waals surface area contributed by atoms with Gasteiger partial charge < -0.3 is 15.1 Å². The predicted molar refractivity (Wildman–Crippen MR) is 114 cm³/mol. The molecule has 2 heterocycles. The maximum absolute atomic E-state index is 12.4. The summed E-state index contributed by atoms with van der Waals surface area (Å²) in [6.07, 6.45) is 5.57. The van der Waals surface area contributed by atoms with Gasteiger partial charge in [0.2, 0.25) is 11.8 Å². The number of aromatic nitrogens is 1. The minimum atomic E-state index is -0.0965. The Morgan fingerprint density at radius 1 is 1.18 bits per heavy atom. The third-order valence-electron chi connectivity index (χ3n) is 5.19. The summed E-state index contributed by atoms with van der Waals surface area (Å²) < 4.78 is 5.71. The van der Waals surface area contributed by atoms with E-state index >= 15 is 0 Å². The van der Waals surface area contributed by atoms with Crippen LogP contribution >= 0.6 is 11.3 Å². The van der Waals surface area contributed by atoms with Gasteiger partial charge in [0.05, 0.1) is 17.0 Å². The Morgan fingerprint density at radius 3 is 2.64 bits per heavy atom. The minimum Gasteiger partial charge on any atom is -0.440 e. The number of carbonyl (C=O) groups is 1. The first-order valence-corrected chi connectivity index (χ1v) is 10.7. The number of anilines is 2. The largest absolute Gasteiger partial charge is 0.440 e. The fourth-order valence-corrected chi connectivity index (χ4v) is 4.25. The Morgan fingerprint density at radius 2 is 1.93 bits per heavy atom. The second kappa shape index (κ2) is 8.61. The zero-order valence-electron chi connectivity index (χ0n) is 16.0. The standard InChI is InChI=1S/C22H25N3O2S/c1-15-19(25-22(27-15)20-7-4-12-28-20)13-21(26)24-18-10-8-17(9-11-18)23-14-16-5-2-3-6-16/h4,7-12,16,23H,2-3,5-6,13-14H2,1H3,(H,24,26). The van der Waals surface area contributed by atoms with Crippen LogP contribution in [0.15, 0.2) is 46.2 Å². The lowest BCUT2D eigenvalue weighted by atomic mass is 10.1. The van der Waals surface area contributed by atoms with Gasteiger partial charge in [-0.3, -0.25) is 4.79 Å². The van der Waals surface area contributed by atoms with Crippen molar-refractivity contribution in [2.75, 3.05) is 17.2 Å². The van der Waals surface area contributed by atoms with Crippen LogP contribution in [0.25, 0.3) is 10.8 Å². The number of thiophene rings is 1. The smallest absolute Gasteiger partial charge is 0.236 e. The van der Waals surface area contributed by atoms with Crippen LogP contribution in [0.5, 0.6) is 0 Å². The molecular weight excluding hydrogens is 370 g/mol. The van der Waals surface area contributed by atoms with Crippen LogP contribution in [0.1, 0.15) is 37.1 Å². The summed E-state index contributed by atoms with van der Waals surface area (Å²) in [7, 11) is 0. The molecule has 146 valence electrons. The van der Waals surface area contributed by atoms with E-state index in [9.17, 15) is 4.79 Å². The van der Waals surface area contributed by atoms with Gasteiger partial charge in [0.15, 0.2) is 0 Å². The molecule has 1 saturated carbocycles. The number of hydrogen-bond acceptors (Lipinski definition) is 5. The highest BCUT2D eigenvalue weighted by atomic mass is 32.1. The van der Waals surface area contributed by atoms with Crippen LogP contribution in [-0.2, 0) is 11.2 Å². The summed E-state index contributed by atoms with van der Waals surface area (Å²) in [5.41, 5.74) is 2.56. The van der Waals surface area contributed by atoms with E-state index in [1.807, 2.05) is 48.7 Å². The van der Waals surface area contributed by atoms with Crippen molar-refractivity contribution in [1.82, 2.24) is 4.98 Å². The topological polar surface area (TPSA) is 67.2 Å². The molecule has 1 aliphatic rings. The molecule has 1 fully saturated rings. The first-order chi connectivity index (χ1) is 13.7. The Labute approximate surface area is 169 Å². The van der Waals surface area contributed by atoms with Crippen LogP contribution < -0.4 is 10.6 Å². The third-order valence-corrected chi connectivity index (χ3v) is 6.05. The van der Waals surface area contributed by atoms with Gasteiger partial charge in [-0.1, -0.05) is 18.9 Å². The van der Waals surface area contributed by atoms with Crippen molar-refractivity contribution >= 4 is 28.6 Å². The predicted octanol–water partition coefficient (Wildman–Crippen LogP) is 5.49. The Balaban J connectivity index is 1.31. The average Bonchev–Trinajstić information content (AvgIpc) is 3.44. The van der Waals surface area contributed by atoms with E-state index in [1.54, 1.807) is 11.3 Å². The third kappa shape index (κ3) is 4.62. The normalized spacial score (nSPS) is 14.3. The van der Waals surface area contributed by atoms with E-state index in [0.29, 0.717) is 17.3 Å². The minimum absolute atomic E-state index is 0.0965. The lowest BCUT2D eigenvalue weighted by molar-refractivity contribution is -0.115. The number of oxazole rings is 1. The van der Waals surface area contributed by atoms with Crippen molar-refractivity contribution in [3.63, 3.8) is 0 Å². The number of hydrogen-bond donors (Lipinski definition) is 2. The average molecular weight is 396 g/mol. The Bertz CT molecular complexity index is 910. The van der Waals surface area contributed by atoms with Gasteiger partial charge in [0.1, 0.15) is 5.76 Å². The fourth-order valence-electron chi connectivity index (χ4n) is 3.60. The molecule has 0 unspecified atom stereocenters. The molecule has 0 atom stereocenters. The van der Waals surface area contributed by atoms with Crippen LogP contribution in [0.3, 0.4) is 0 Å². The van der Waals surface area contributed by atoms with Crippen molar-refractivity contribution in [1.29, 1.82) is 0 Å². The Hall–Kier alpha value is -2.60. The highest BCUT2D eigenvalue weighted by molar-refractivity contribution is 7.13. The lowest BCUT2D eigenvalue weighted by Gasteiger charge is -2.12. The molecule has 0 saturated heterocycles. The van der Waals surface area contributed by atoms with Gasteiger partial charge in [-0.15, -0.1) is 11.3 Å². The van der Waals surface area contributed by atoms with Gasteiger partial charge >= 0.3 is 0 Å². The van der Waals surface area contributed by atoms with E-state index in [1.165, 1.54) is 25.7 Å². The number of aryl methyl sites for hydroxylation is 1. The van der Waals surface area contributed by atoms with Crippen molar-refractivity contribution in [2.45, 2.75) is 39.0 Å². The van der Waals surface area contributed by atoms with Crippen LogP contribution in [0.4, 0.5) is 11.4 Å². The first kappa shape index (κ1) is 18.7. The van der Waals surface area contributed by atoms with Crippen LogP contribution in [0, 0.1) is 12.8 Å². The highest BCUT2D eigenvalue weighted by Crippen LogP contribution is 2.27. The molecule has 6 heteroatoms. The van der Waals surface area contributed by atoms with Gasteiger partial charge in [-0.25, -0.2) is 4.98 Å². The molecule has 3 aromatic rings. The maximum atomic E-state index is 12.4. The van der Waals surface area contributed by atoms with Crippen LogP contribution in [-0.4, -0.2) is 17.4 Å². The molecule has 2 aromatic heterocycles. The zero-order chi connectivity index (χ0) is 19.3. The van der Waals surface area contributed by atoms with Crippen LogP contribution in [0.2, 0.25) is 0 Å². The molecular formula is C22H25N3O2S. The number of amides is 1. The quantitative estimate of drug-likeness (QED) is 0.555. The molecule has 0 aliphatic heterocycles. The van der Waals surface area contributed by atoms with E-state index in [0.717, 1.165) is 28.7 Å². The highest BCUT2D eigenvalue weighted by Gasteiger charge is 2.16. The SMILES string of the molecule is Cc1oc(-c2cccs2)nc1CC(=O)Nc1ccc(NCC2CCCC2)cc1. The summed E-state index contributed by atoms with van der Waals surface area (Å²) in [5.74, 6) is 1.96. The van der Waals surface area contributed by atoms with E-state index in [2.05, 4.69) is 15.6 Å². The van der Waals surface area contributed by atoms with Crippen molar-refractivity contribution < 1.29 is 9.21 Å². The summed E-state index contributed by atoms with van der Waals surface area (Å²) in [5, 5.41) is 8.42. The molecule has 1 aromatic carbocycles. The molecule has 0 spiro atoms. The number of rotatable bonds is 7. The summed E-state index contributed by atoms with van der Waals surface area (Å²) in [6, 6.07) is 11.8. The van der Waals surface area contributed by atoms with Gasteiger partial charge in [0, 0.05) is 17.9 Å². The van der Waals surface area contributed by atoms with Gasteiger partial charge in [0.25, 0.3) is 0 Å². The number of nitrogens with zero attached hydrogens (tertiary/aromatic N) is 1. The number of nitrogens with one attached hydrogen (secondary N) is 2. The first-order valence-electron chi connectivity index (χ1n) is 9.81. The summed E-state index contributed by atoms with van der Waals surface area (Å²) >= 11 is 1.57. The number of benzene rings is 1. The second-order valence-corrected chi connectivity index (χ2v) is 8.28. The molecule has 5 nitrogen and oxygen atoms in total. The monoisotopic (exact) mass is 395 g/mol. The van der Waals surface area contributed by atoms with Crippen molar-refractivity contribution in [2.24, 2.45) is 5.92 Å².